The van der Waals surface area contributed by atoms with E-state index in [1.165, 1.54) is 18.7 Å². The average molecular weight is 300 g/mol. The lowest BCUT2D eigenvalue weighted by Gasteiger charge is -2.12. The third-order valence-electron chi connectivity index (χ3n) is 2.42. The SMILES string of the molecule is COc1cc(C)c(N)cc1S(=O)(=O)Nc1nncs1. The Balaban J connectivity index is 2.48. The Labute approximate surface area is 114 Å². The third-order valence-corrected chi connectivity index (χ3v) is 4.52. The van der Waals surface area contributed by atoms with Crippen molar-refractivity contribution in [3.8, 4) is 5.75 Å². The molecule has 0 unspecified atom stereocenters. The maximum absolute atomic E-state index is 12.2. The summed E-state index contributed by atoms with van der Waals surface area (Å²) in [5.74, 6) is 0.226. The molecule has 0 radical (unpaired) electrons. The average Bonchev–Trinajstić information content (AvgIpc) is 2.84. The zero-order chi connectivity index (χ0) is 14.0. The molecule has 1 heterocycles. The second-order valence-corrected chi connectivity index (χ2v) is 6.19. The maximum Gasteiger partial charge on any atom is 0.267 e. The largest absolute Gasteiger partial charge is 0.495 e. The zero-order valence-corrected chi connectivity index (χ0v) is 11.9. The number of rotatable bonds is 4. The highest BCUT2D eigenvalue weighted by Crippen LogP contribution is 2.30. The van der Waals surface area contributed by atoms with E-state index in [0.717, 1.165) is 16.9 Å². The van der Waals surface area contributed by atoms with Gasteiger partial charge in [0.15, 0.2) is 0 Å². The first-order chi connectivity index (χ1) is 8.94. The van der Waals surface area contributed by atoms with Gasteiger partial charge in [-0.05, 0) is 24.6 Å². The number of nitrogens with zero attached hydrogens (tertiary/aromatic N) is 2. The number of hydrogen-bond donors (Lipinski definition) is 2. The quantitative estimate of drug-likeness (QED) is 0.823. The highest BCUT2D eigenvalue weighted by atomic mass is 32.2. The summed E-state index contributed by atoms with van der Waals surface area (Å²) in [5, 5.41) is 7.37. The summed E-state index contributed by atoms with van der Waals surface area (Å²) in [6.45, 7) is 1.77. The highest BCUT2D eigenvalue weighted by Gasteiger charge is 2.22. The van der Waals surface area contributed by atoms with E-state index in [2.05, 4.69) is 14.9 Å². The second-order valence-electron chi connectivity index (χ2n) is 3.71. The van der Waals surface area contributed by atoms with Crippen LogP contribution in [0.2, 0.25) is 0 Å². The van der Waals surface area contributed by atoms with Crippen LogP contribution in [0.1, 0.15) is 5.56 Å². The summed E-state index contributed by atoms with van der Waals surface area (Å²) >= 11 is 1.08. The van der Waals surface area contributed by atoms with Crippen LogP contribution >= 0.6 is 11.3 Å². The molecule has 3 N–H and O–H groups in total. The molecule has 0 amide bonds. The molecule has 7 nitrogen and oxygen atoms in total. The fraction of sp³-hybridized carbons (Fsp3) is 0.200. The number of benzene rings is 1. The molecule has 9 heteroatoms. The van der Waals surface area contributed by atoms with E-state index >= 15 is 0 Å². The van der Waals surface area contributed by atoms with Gasteiger partial charge >= 0.3 is 0 Å². The van der Waals surface area contributed by atoms with Crippen molar-refractivity contribution in [1.82, 2.24) is 10.2 Å². The molecule has 0 aliphatic heterocycles. The van der Waals surface area contributed by atoms with Crippen LogP contribution < -0.4 is 15.2 Å². The van der Waals surface area contributed by atoms with Gasteiger partial charge < -0.3 is 10.5 Å². The number of nitrogen functional groups attached to an aromatic ring is 1. The van der Waals surface area contributed by atoms with Gasteiger partial charge in [0.1, 0.15) is 16.2 Å². The molecule has 1 aromatic carbocycles. The Morgan fingerprint density at radius 1 is 1.42 bits per heavy atom. The minimum absolute atomic E-state index is 0.0340. The number of aryl methyl sites for hydroxylation is 1. The topological polar surface area (TPSA) is 107 Å². The third kappa shape index (κ3) is 2.76. The van der Waals surface area contributed by atoms with Gasteiger partial charge in [-0.1, -0.05) is 11.3 Å². The Kier molecular flexibility index (Phi) is 3.58. The van der Waals surface area contributed by atoms with Gasteiger partial charge in [0.25, 0.3) is 10.0 Å². The van der Waals surface area contributed by atoms with Gasteiger partial charge in [0.05, 0.1) is 7.11 Å². The van der Waals surface area contributed by atoms with Gasteiger partial charge in [0, 0.05) is 5.69 Å². The van der Waals surface area contributed by atoms with Crippen LogP contribution in [0.5, 0.6) is 5.75 Å². The van der Waals surface area contributed by atoms with E-state index in [0.29, 0.717) is 5.69 Å². The molecular formula is C10H12N4O3S2. The summed E-state index contributed by atoms with van der Waals surface area (Å²) in [6, 6.07) is 2.93. The minimum Gasteiger partial charge on any atom is -0.495 e. The number of aromatic nitrogens is 2. The summed E-state index contributed by atoms with van der Waals surface area (Å²) < 4.78 is 31.9. The van der Waals surface area contributed by atoms with Crippen LogP contribution in [0.15, 0.2) is 22.5 Å². The Morgan fingerprint density at radius 3 is 2.74 bits per heavy atom. The molecule has 0 atom stereocenters. The standard InChI is InChI=1S/C10H12N4O3S2/c1-6-3-8(17-2)9(4-7(6)11)19(15,16)14-10-13-12-5-18-10/h3-5H,11H2,1-2H3,(H,13,14). The van der Waals surface area contributed by atoms with Crippen molar-refractivity contribution in [2.24, 2.45) is 0 Å². The first kappa shape index (κ1) is 13.6. The number of anilines is 2. The van der Waals surface area contributed by atoms with Crippen LogP contribution in [0.25, 0.3) is 0 Å². The summed E-state index contributed by atoms with van der Waals surface area (Å²) in [7, 11) is -2.41. The van der Waals surface area contributed by atoms with E-state index in [1.807, 2.05) is 0 Å². The fourth-order valence-corrected chi connectivity index (χ4v) is 3.31. The number of nitrogens with two attached hydrogens (primary N) is 1. The Hall–Kier alpha value is -1.87. The highest BCUT2D eigenvalue weighted by molar-refractivity contribution is 7.93. The van der Waals surface area contributed by atoms with Crippen molar-refractivity contribution in [3.05, 3.63) is 23.2 Å². The predicted molar refractivity (Wildman–Crippen MR) is 72.9 cm³/mol. The van der Waals surface area contributed by atoms with Crippen molar-refractivity contribution in [3.63, 3.8) is 0 Å². The molecule has 0 fully saturated rings. The fourth-order valence-electron chi connectivity index (χ4n) is 1.43. The van der Waals surface area contributed by atoms with Crippen LogP contribution in [-0.2, 0) is 10.0 Å². The van der Waals surface area contributed by atoms with Crippen molar-refractivity contribution >= 4 is 32.2 Å². The number of nitrogens with one attached hydrogen (secondary N) is 1. The van der Waals surface area contributed by atoms with Crippen molar-refractivity contribution < 1.29 is 13.2 Å². The molecular weight excluding hydrogens is 288 g/mol. The number of methoxy groups -OCH3 is 1. The van der Waals surface area contributed by atoms with Gasteiger partial charge in [-0.2, -0.15) is 0 Å². The lowest BCUT2D eigenvalue weighted by Crippen LogP contribution is -2.14. The smallest absolute Gasteiger partial charge is 0.267 e. The number of hydrogen-bond acceptors (Lipinski definition) is 7. The van der Waals surface area contributed by atoms with E-state index in [4.69, 9.17) is 10.5 Å². The molecule has 102 valence electrons. The molecule has 0 aliphatic carbocycles. The van der Waals surface area contributed by atoms with Crippen LogP contribution in [0, 0.1) is 6.92 Å². The molecule has 0 saturated carbocycles. The predicted octanol–water partition coefficient (Wildman–Crippen LogP) is 1.24. The number of ether oxygens (including phenoxy) is 1. The first-order valence-corrected chi connectivity index (χ1v) is 7.53. The number of sulfonamides is 1. The lowest BCUT2D eigenvalue weighted by molar-refractivity contribution is 0.402. The zero-order valence-electron chi connectivity index (χ0n) is 10.2. The van der Waals surface area contributed by atoms with Crippen LogP contribution in [-0.4, -0.2) is 25.7 Å². The van der Waals surface area contributed by atoms with Gasteiger partial charge in [-0.3, -0.25) is 4.72 Å². The molecule has 0 bridgehead atoms. The second kappa shape index (κ2) is 5.02. The summed E-state index contributed by atoms with van der Waals surface area (Å²) in [4.78, 5) is -0.0340. The van der Waals surface area contributed by atoms with Crippen LogP contribution in [0.3, 0.4) is 0 Å². The normalized spacial score (nSPS) is 11.3. The minimum atomic E-state index is -3.81. The van der Waals surface area contributed by atoms with Gasteiger partial charge in [-0.25, -0.2) is 8.42 Å². The van der Waals surface area contributed by atoms with Crippen LogP contribution in [0.4, 0.5) is 10.8 Å². The Bertz CT molecular complexity index is 683. The maximum atomic E-state index is 12.2. The first-order valence-electron chi connectivity index (χ1n) is 5.17. The van der Waals surface area contributed by atoms with Gasteiger partial charge in [-0.15, -0.1) is 10.2 Å². The van der Waals surface area contributed by atoms with E-state index in [9.17, 15) is 8.42 Å². The molecule has 0 spiro atoms. The monoisotopic (exact) mass is 300 g/mol. The van der Waals surface area contributed by atoms with E-state index in [1.54, 1.807) is 13.0 Å². The Morgan fingerprint density at radius 2 is 2.16 bits per heavy atom. The van der Waals surface area contributed by atoms with E-state index < -0.39 is 10.0 Å². The van der Waals surface area contributed by atoms with Crippen molar-refractivity contribution in [2.75, 3.05) is 17.6 Å². The molecule has 0 saturated heterocycles. The summed E-state index contributed by atoms with van der Waals surface area (Å²) in [5.41, 5.74) is 8.29. The molecule has 1 aromatic heterocycles. The van der Waals surface area contributed by atoms with Gasteiger partial charge in [0.2, 0.25) is 5.13 Å². The van der Waals surface area contributed by atoms with Crippen molar-refractivity contribution in [2.45, 2.75) is 11.8 Å². The lowest BCUT2D eigenvalue weighted by atomic mass is 10.2. The summed E-state index contributed by atoms with van der Waals surface area (Å²) in [6.07, 6.45) is 0. The molecule has 0 aliphatic rings. The van der Waals surface area contributed by atoms with E-state index in [-0.39, 0.29) is 15.8 Å². The van der Waals surface area contributed by atoms with Crippen molar-refractivity contribution in [1.29, 1.82) is 0 Å². The molecule has 2 aromatic rings. The molecule has 19 heavy (non-hydrogen) atoms. The molecule has 2 rings (SSSR count).